The first-order chi connectivity index (χ1) is 1.41. The van der Waals surface area contributed by atoms with E-state index in [1.54, 1.807) is 0 Å². The molecule has 0 aliphatic rings. The predicted octanol–water partition coefficient (Wildman–Crippen LogP) is 0.0143. The summed E-state index contributed by atoms with van der Waals surface area (Å²) in [5.41, 5.74) is 0. The number of hydrogen-bond acceptors (Lipinski definition) is 1. The molecule has 0 aromatic heterocycles. The Morgan fingerprint density at radius 3 is 1.75 bits per heavy atom. The molecule has 3 heteroatoms. The van der Waals surface area contributed by atoms with Crippen LogP contribution in [0.3, 0.4) is 0 Å². The molecule has 21 valence electrons. The van der Waals surface area contributed by atoms with Crippen LogP contribution in [0.2, 0.25) is 0 Å². The van der Waals surface area contributed by atoms with Gasteiger partial charge in [-0.25, -0.2) is 0 Å². The third kappa shape index (κ3) is 10.0. The minimum atomic E-state index is 0. The van der Waals surface area contributed by atoms with Crippen LogP contribution < -0.4 is 0 Å². The Kier molecular flexibility index (Phi) is 20.0. The van der Waals surface area contributed by atoms with Crippen molar-refractivity contribution in [3.63, 3.8) is 0 Å². The van der Waals surface area contributed by atoms with Gasteiger partial charge in [0.15, 0.2) is 0 Å². The van der Waals surface area contributed by atoms with Crippen LogP contribution in [0.15, 0.2) is 0 Å². The Labute approximate surface area is 66.9 Å². The fourth-order valence-electron chi connectivity index (χ4n) is 0. The second-order valence-electron chi connectivity index (χ2n) is 0.0791. The van der Waals surface area contributed by atoms with Gasteiger partial charge in [-0.3, -0.25) is 0 Å². The zero-order valence-electron chi connectivity index (χ0n) is 1.80. The van der Waals surface area contributed by atoms with Crippen LogP contribution >= 0.6 is 0 Å². The predicted molar refractivity (Wildman–Crippen MR) is 5.61 cm³/mol. The molecular weight excluding hydrogens is 222 g/mol. The number of nitriles is 1. The maximum absolute atomic E-state index is 7.21. The molecule has 0 aromatic rings. The third-order valence-electron chi connectivity index (χ3n) is 0. The molecule has 0 aliphatic heterocycles. The molecule has 0 aliphatic carbocycles. The fraction of sp³-hybridized carbons (Fsp3) is 0. The Balaban J connectivity index is 0. The monoisotopic (exact) mass is 222 g/mol. The van der Waals surface area contributed by atoms with Crippen LogP contribution in [0.25, 0.3) is 0 Å². The van der Waals surface area contributed by atoms with E-state index < -0.39 is 0 Å². The van der Waals surface area contributed by atoms with Gasteiger partial charge in [0.25, 0.3) is 0 Å². The van der Waals surface area contributed by atoms with Gasteiger partial charge < -0.3 is 0 Å². The van der Waals surface area contributed by atoms with Gasteiger partial charge in [-0.2, -0.15) is 0 Å². The Morgan fingerprint density at radius 1 is 1.75 bits per heavy atom. The molecule has 0 saturated heterocycles. The Bertz CT molecular complexity index is 29.5. The van der Waals surface area contributed by atoms with E-state index in [0.717, 1.165) is 0 Å². The first kappa shape index (κ1) is 9.04. The van der Waals surface area contributed by atoms with Crippen LogP contribution in [0.5, 0.6) is 0 Å². The van der Waals surface area contributed by atoms with Crippen LogP contribution in [0.4, 0.5) is 0 Å². The maximum Gasteiger partial charge on any atom is 0 e. The summed E-state index contributed by atoms with van der Waals surface area (Å²) >= 11 is 2.79. The molecule has 0 unspecified atom stereocenters. The largest absolute Gasteiger partial charge is 0 e. The summed E-state index contributed by atoms with van der Waals surface area (Å²) in [4.78, 5) is 1.50. The van der Waals surface area contributed by atoms with E-state index in [2.05, 4.69) is 16.0 Å². The third-order valence-corrected chi connectivity index (χ3v) is 0. The average molecular weight is 222 g/mol. The summed E-state index contributed by atoms with van der Waals surface area (Å²) in [6, 6.07) is 0. The fourth-order valence-corrected chi connectivity index (χ4v) is 0. The molecule has 0 saturated carbocycles. The summed E-state index contributed by atoms with van der Waals surface area (Å²) in [6.07, 6.45) is 0. The molecule has 0 N–H and O–H groups in total. The van der Waals surface area contributed by atoms with Gasteiger partial charge in [-0.1, -0.05) is 0 Å². The van der Waals surface area contributed by atoms with Crippen molar-refractivity contribution in [2.75, 3.05) is 0 Å². The van der Waals surface area contributed by atoms with E-state index in [1.807, 2.05) is 0 Å². The van der Waals surface area contributed by atoms with E-state index in [9.17, 15) is 0 Å². The number of nitrogens with zero attached hydrogens (tertiary/aromatic N) is 1. The van der Waals surface area contributed by atoms with E-state index in [-0.39, 0.29) is 41.7 Å². The molecule has 0 amide bonds. The standard InChI is InChI=1S/CN.Ce.Fe/c1-2;;. The first-order valence-corrected chi connectivity index (χ1v) is 0.952. The van der Waals surface area contributed by atoms with Crippen molar-refractivity contribution >= 4 is 0 Å². The quantitative estimate of drug-likeness (QED) is 0.530. The molecule has 0 heterocycles. The summed E-state index contributed by atoms with van der Waals surface area (Å²) in [6.45, 7) is 0. The van der Waals surface area contributed by atoms with E-state index >= 15 is 0 Å². The summed E-state index contributed by atoms with van der Waals surface area (Å²) in [5, 5.41) is 7.21. The first-order valence-electron chi connectivity index (χ1n) is 0.400. The average Bonchev–Trinajstić information content (AvgIpc) is 0.918. The second kappa shape index (κ2) is 8.83. The minimum Gasteiger partial charge on any atom is 0 e. The van der Waals surface area contributed by atoms with E-state index in [1.165, 1.54) is 4.97 Å². The number of hydrogen-bond donors (Lipinski definition) is 0. The van der Waals surface area contributed by atoms with Gasteiger partial charge in [0.1, 0.15) is 0 Å². The molecular formula is CCeFeN. The van der Waals surface area contributed by atoms with Crippen LogP contribution in [-0.4, -0.2) is 0 Å². The summed E-state index contributed by atoms with van der Waals surface area (Å²) < 4.78 is 0. The SMILES string of the molecule is N#[C][Fe].[Ce]. The molecule has 0 atom stereocenters. The number of rotatable bonds is 0. The smallest absolute Gasteiger partial charge is 0 e. The van der Waals surface area contributed by atoms with Gasteiger partial charge in [0, 0.05) is 41.7 Å². The van der Waals surface area contributed by atoms with E-state index in [0.29, 0.717) is 0 Å². The van der Waals surface area contributed by atoms with Crippen LogP contribution in [-0.2, 0) is 16.0 Å². The van der Waals surface area contributed by atoms with Crippen molar-refractivity contribution in [1.82, 2.24) is 0 Å². The Morgan fingerprint density at radius 2 is 1.75 bits per heavy atom. The van der Waals surface area contributed by atoms with Crippen molar-refractivity contribution < 1.29 is 57.8 Å². The minimum absolute atomic E-state index is 0. The Hall–Kier alpha value is 1.39. The van der Waals surface area contributed by atoms with Gasteiger partial charge in [0.05, 0.1) is 0 Å². The van der Waals surface area contributed by atoms with Gasteiger partial charge in [-0.15, -0.1) is 0 Å². The molecule has 0 fully saturated rings. The molecule has 0 rings (SSSR count). The van der Waals surface area contributed by atoms with Gasteiger partial charge in [0.2, 0.25) is 0 Å². The van der Waals surface area contributed by atoms with Crippen molar-refractivity contribution in [3.05, 3.63) is 0 Å². The van der Waals surface area contributed by atoms with E-state index in [4.69, 9.17) is 5.26 Å². The van der Waals surface area contributed by atoms with Crippen molar-refractivity contribution in [2.45, 2.75) is 0 Å². The normalized spacial score (nSPS) is 2.00. The van der Waals surface area contributed by atoms with Gasteiger partial charge in [-0.05, 0) is 0 Å². The summed E-state index contributed by atoms with van der Waals surface area (Å²) in [5.74, 6) is 0. The molecule has 0 spiro atoms. The van der Waals surface area contributed by atoms with Crippen LogP contribution in [0.1, 0.15) is 0 Å². The molecule has 1 nitrogen and oxygen atoms in total. The molecule has 4 heavy (non-hydrogen) atoms. The van der Waals surface area contributed by atoms with Crippen molar-refractivity contribution in [3.8, 4) is 4.97 Å². The summed E-state index contributed by atoms with van der Waals surface area (Å²) in [7, 11) is 0. The van der Waals surface area contributed by atoms with Crippen LogP contribution in [0, 0.1) is 52.0 Å². The molecule has 0 radical (unpaired) electrons. The van der Waals surface area contributed by atoms with Crippen molar-refractivity contribution in [1.29, 1.82) is 5.26 Å². The molecule has 0 bridgehead atoms. The molecule has 0 aromatic carbocycles. The zero-order valence-corrected chi connectivity index (χ0v) is 6.05. The maximum atomic E-state index is 7.21. The second-order valence-corrected chi connectivity index (χ2v) is 0.326. The van der Waals surface area contributed by atoms with Crippen molar-refractivity contribution in [2.24, 2.45) is 0 Å². The van der Waals surface area contributed by atoms with Gasteiger partial charge >= 0.3 is 26.2 Å². The zero-order chi connectivity index (χ0) is 2.71. The topological polar surface area (TPSA) is 23.8 Å².